The molecule has 0 N–H and O–H groups in total. The Balaban J connectivity index is 1.43. The van der Waals surface area contributed by atoms with Crippen LogP contribution < -0.4 is 9.47 Å². The van der Waals surface area contributed by atoms with Gasteiger partial charge >= 0.3 is 11.9 Å². The summed E-state index contributed by atoms with van der Waals surface area (Å²) in [5.74, 6) is 0.0278. The van der Waals surface area contributed by atoms with E-state index in [0.29, 0.717) is 22.1 Å². The lowest BCUT2D eigenvalue weighted by Gasteiger charge is -2.08. The van der Waals surface area contributed by atoms with Gasteiger partial charge in [-0.1, -0.05) is 41.9 Å². The third-order valence-corrected chi connectivity index (χ3v) is 4.17. The average molecular weight is 423 g/mol. The highest BCUT2D eigenvalue weighted by Gasteiger charge is 2.08. The molecule has 0 heterocycles. The minimum atomic E-state index is -0.529. The Kier molecular flexibility index (Phi) is 7.64. The number of hydrogen-bond acceptors (Lipinski definition) is 5. The van der Waals surface area contributed by atoms with E-state index in [1.165, 1.54) is 30.3 Å². The van der Waals surface area contributed by atoms with Crippen molar-refractivity contribution in [1.82, 2.24) is 0 Å². The van der Waals surface area contributed by atoms with Gasteiger partial charge in [-0.2, -0.15) is 0 Å². The zero-order chi connectivity index (χ0) is 21.2. The molecule has 0 radical (unpaired) electrons. The first kappa shape index (κ1) is 21.1. The number of para-hydroxylation sites is 1. The van der Waals surface area contributed by atoms with Crippen LogP contribution in [0.15, 0.2) is 84.9 Å². The van der Waals surface area contributed by atoms with Crippen LogP contribution in [0.1, 0.15) is 15.9 Å². The van der Waals surface area contributed by atoms with Gasteiger partial charge in [0.1, 0.15) is 24.7 Å². The summed E-state index contributed by atoms with van der Waals surface area (Å²) in [5.41, 5.74) is 1.18. The molecule has 0 aliphatic rings. The Morgan fingerprint density at radius 3 is 2.20 bits per heavy atom. The Labute approximate surface area is 179 Å². The largest absolute Gasteiger partial charge is 0.490 e. The van der Waals surface area contributed by atoms with E-state index in [0.717, 1.165) is 5.56 Å². The SMILES string of the molecule is O=C(/C=C/c1ccc(Cl)cc1)Oc1ccc(C(=O)OCCOc2ccccc2)cc1. The van der Waals surface area contributed by atoms with E-state index in [4.69, 9.17) is 25.8 Å². The first-order chi connectivity index (χ1) is 14.6. The second kappa shape index (κ2) is 10.8. The van der Waals surface area contributed by atoms with Gasteiger partial charge in [0.2, 0.25) is 0 Å². The molecule has 0 aliphatic heterocycles. The van der Waals surface area contributed by atoms with Crippen molar-refractivity contribution < 1.29 is 23.8 Å². The lowest BCUT2D eigenvalue weighted by molar-refractivity contribution is -0.128. The van der Waals surface area contributed by atoms with Crippen molar-refractivity contribution in [2.45, 2.75) is 0 Å². The maximum Gasteiger partial charge on any atom is 0.338 e. The zero-order valence-electron chi connectivity index (χ0n) is 16.0. The molecule has 5 nitrogen and oxygen atoms in total. The fraction of sp³-hybridized carbons (Fsp3) is 0.0833. The second-order valence-electron chi connectivity index (χ2n) is 6.13. The molecule has 0 fully saturated rings. The van der Waals surface area contributed by atoms with E-state index >= 15 is 0 Å². The minimum Gasteiger partial charge on any atom is -0.490 e. The van der Waals surface area contributed by atoms with Crippen LogP contribution in [0.4, 0.5) is 0 Å². The molecule has 0 amide bonds. The molecule has 30 heavy (non-hydrogen) atoms. The molecule has 0 spiro atoms. The number of carbonyl (C=O) groups excluding carboxylic acids is 2. The van der Waals surface area contributed by atoms with Crippen molar-refractivity contribution in [3.63, 3.8) is 0 Å². The maximum atomic E-state index is 12.1. The molecule has 0 aromatic heterocycles. The predicted molar refractivity (Wildman–Crippen MR) is 115 cm³/mol. The lowest BCUT2D eigenvalue weighted by atomic mass is 10.2. The smallest absolute Gasteiger partial charge is 0.338 e. The maximum absolute atomic E-state index is 12.1. The van der Waals surface area contributed by atoms with Crippen LogP contribution in [0.3, 0.4) is 0 Å². The Morgan fingerprint density at radius 2 is 1.50 bits per heavy atom. The molecule has 0 saturated heterocycles. The normalized spacial score (nSPS) is 10.6. The molecule has 0 aliphatic carbocycles. The van der Waals surface area contributed by atoms with Crippen LogP contribution in [-0.4, -0.2) is 25.2 Å². The van der Waals surface area contributed by atoms with Crippen molar-refractivity contribution in [1.29, 1.82) is 0 Å². The molecule has 6 heteroatoms. The van der Waals surface area contributed by atoms with E-state index in [-0.39, 0.29) is 13.2 Å². The molecular formula is C24H19ClO5. The number of benzene rings is 3. The van der Waals surface area contributed by atoms with E-state index < -0.39 is 11.9 Å². The molecule has 3 aromatic carbocycles. The van der Waals surface area contributed by atoms with Gasteiger partial charge in [-0.05, 0) is 60.2 Å². The van der Waals surface area contributed by atoms with Crippen molar-refractivity contribution in [2.75, 3.05) is 13.2 Å². The van der Waals surface area contributed by atoms with Gasteiger partial charge in [0, 0.05) is 11.1 Å². The summed E-state index contributed by atoms with van der Waals surface area (Å²) >= 11 is 5.82. The van der Waals surface area contributed by atoms with Crippen molar-refractivity contribution in [3.05, 3.63) is 101 Å². The minimum absolute atomic E-state index is 0.125. The number of esters is 2. The Hall–Kier alpha value is -3.57. The summed E-state index contributed by atoms with van der Waals surface area (Å²) in [6, 6.07) is 22.5. The summed E-state index contributed by atoms with van der Waals surface area (Å²) in [5, 5.41) is 0.622. The van der Waals surface area contributed by atoms with Crippen molar-refractivity contribution in [3.8, 4) is 11.5 Å². The third kappa shape index (κ3) is 6.79. The number of carbonyl (C=O) groups is 2. The number of rotatable bonds is 8. The highest BCUT2D eigenvalue weighted by Crippen LogP contribution is 2.15. The average Bonchev–Trinajstić information content (AvgIpc) is 2.77. The van der Waals surface area contributed by atoms with Crippen LogP contribution in [0.25, 0.3) is 6.08 Å². The van der Waals surface area contributed by atoms with Gasteiger partial charge < -0.3 is 14.2 Å². The molecule has 0 saturated carbocycles. The van der Waals surface area contributed by atoms with Crippen LogP contribution >= 0.6 is 11.6 Å². The second-order valence-corrected chi connectivity index (χ2v) is 6.56. The van der Waals surface area contributed by atoms with E-state index in [2.05, 4.69) is 0 Å². The zero-order valence-corrected chi connectivity index (χ0v) is 16.7. The topological polar surface area (TPSA) is 61.8 Å². The third-order valence-electron chi connectivity index (χ3n) is 3.92. The summed E-state index contributed by atoms with van der Waals surface area (Å²) in [4.78, 5) is 24.0. The van der Waals surface area contributed by atoms with Gasteiger partial charge in [-0.15, -0.1) is 0 Å². The lowest BCUT2D eigenvalue weighted by Crippen LogP contribution is -2.12. The Bertz CT molecular complexity index is 996. The number of hydrogen-bond donors (Lipinski definition) is 0. The first-order valence-electron chi connectivity index (χ1n) is 9.21. The molecule has 152 valence electrons. The van der Waals surface area contributed by atoms with Gasteiger partial charge in [0.15, 0.2) is 0 Å². The standard InChI is InChI=1S/C24H19ClO5/c25-20-11-6-18(7-12-20)8-15-23(26)30-22-13-9-19(10-14-22)24(27)29-17-16-28-21-4-2-1-3-5-21/h1-15H,16-17H2/b15-8+. The highest BCUT2D eigenvalue weighted by molar-refractivity contribution is 6.30. The van der Waals surface area contributed by atoms with Crippen LogP contribution in [0.2, 0.25) is 5.02 Å². The van der Waals surface area contributed by atoms with Crippen molar-refractivity contribution >= 4 is 29.6 Å². The molecule has 0 bridgehead atoms. The molecule has 3 rings (SSSR count). The predicted octanol–water partition coefficient (Wildman–Crippen LogP) is 5.19. The quantitative estimate of drug-likeness (QED) is 0.216. The number of halogens is 1. The fourth-order valence-electron chi connectivity index (χ4n) is 2.44. The molecular weight excluding hydrogens is 404 g/mol. The summed E-state index contributed by atoms with van der Waals surface area (Å²) in [6.45, 7) is 0.380. The van der Waals surface area contributed by atoms with Crippen LogP contribution in [0.5, 0.6) is 11.5 Å². The number of ether oxygens (including phenoxy) is 3. The van der Waals surface area contributed by atoms with Gasteiger partial charge in [0.25, 0.3) is 0 Å². The van der Waals surface area contributed by atoms with Crippen LogP contribution in [0, 0.1) is 0 Å². The van der Waals surface area contributed by atoms with Gasteiger partial charge in [-0.25, -0.2) is 9.59 Å². The highest BCUT2D eigenvalue weighted by atomic mass is 35.5. The van der Waals surface area contributed by atoms with E-state index in [1.54, 1.807) is 30.3 Å². The van der Waals surface area contributed by atoms with E-state index in [9.17, 15) is 9.59 Å². The summed E-state index contributed by atoms with van der Waals surface area (Å²) in [7, 11) is 0. The first-order valence-corrected chi connectivity index (χ1v) is 9.58. The van der Waals surface area contributed by atoms with Crippen LogP contribution in [-0.2, 0) is 9.53 Å². The van der Waals surface area contributed by atoms with Gasteiger partial charge in [-0.3, -0.25) is 0 Å². The molecule has 0 atom stereocenters. The van der Waals surface area contributed by atoms with E-state index in [1.807, 2.05) is 30.3 Å². The van der Waals surface area contributed by atoms with Gasteiger partial charge in [0.05, 0.1) is 5.56 Å². The fourth-order valence-corrected chi connectivity index (χ4v) is 2.57. The Morgan fingerprint density at radius 1 is 0.800 bits per heavy atom. The monoisotopic (exact) mass is 422 g/mol. The summed E-state index contributed by atoms with van der Waals surface area (Å²) in [6.07, 6.45) is 2.94. The van der Waals surface area contributed by atoms with Crippen molar-refractivity contribution in [2.24, 2.45) is 0 Å². The summed E-state index contributed by atoms with van der Waals surface area (Å²) < 4.78 is 15.9. The molecule has 3 aromatic rings. The molecule has 0 unspecified atom stereocenters.